The van der Waals surface area contributed by atoms with E-state index in [9.17, 15) is 14.7 Å². The van der Waals surface area contributed by atoms with Crippen molar-refractivity contribution in [2.24, 2.45) is 5.92 Å². The Kier molecular flexibility index (Phi) is 8.58. The lowest BCUT2D eigenvalue weighted by molar-refractivity contribution is -0.146. The number of benzene rings is 5. The van der Waals surface area contributed by atoms with Crippen LogP contribution in [0.1, 0.15) is 52.0 Å². The Labute approximate surface area is 320 Å². The zero-order valence-corrected chi connectivity index (χ0v) is 32.0. The van der Waals surface area contributed by atoms with Gasteiger partial charge in [-0.2, -0.15) is 0 Å². The molecule has 0 saturated carbocycles. The number of nitrogens with zero attached hydrogens (tertiary/aromatic N) is 5. The van der Waals surface area contributed by atoms with Gasteiger partial charge >= 0.3 is 0 Å². The molecule has 0 bridgehead atoms. The summed E-state index contributed by atoms with van der Waals surface area (Å²) in [6.45, 7) is 6.56. The highest BCUT2D eigenvalue weighted by Crippen LogP contribution is 2.60. The lowest BCUT2D eigenvalue weighted by atomic mass is 9.82. The molecule has 5 aromatic carbocycles. The lowest BCUT2D eigenvalue weighted by Crippen LogP contribution is -2.46. The van der Waals surface area contributed by atoms with Gasteiger partial charge in [-0.3, -0.25) is 19.2 Å². The Morgan fingerprint density at radius 1 is 0.891 bits per heavy atom. The molecule has 11 heteroatoms. The van der Waals surface area contributed by atoms with Gasteiger partial charge in [-0.15, -0.1) is 5.10 Å². The minimum Gasteiger partial charge on any atom is -0.432 e. The van der Waals surface area contributed by atoms with Gasteiger partial charge in [0.15, 0.2) is 13.9 Å². The van der Waals surface area contributed by atoms with Crippen molar-refractivity contribution in [2.45, 2.75) is 62.7 Å². The van der Waals surface area contributed by atoms with Crippen LogP contribution >= 0.6 is 0 Å². The second kappa shape index (κ2) is 13.4. The first kappa shape index (κ1) is 35.3. The second-order valence-electron chi connectivity index (χ2n) is 15.6. The summed E-state index contributed by atoms with van der Waals surface area (Å²) in [5.41, 5.74) is 4.46. The number of ether oxygens (including phenoxy) is 1. The van der Waals surface area contributed by atoms with E-state index in [1.807, 2.05) is 141 Å². The summed E-state index contributed by atoms with van der Waals surface area (Å²) >= 11 is 0. The molecule has 4 heterocycles. The third-order valence-corrected chi connectivity index (χ3v) is 14.4. The van der Waals surface area contributed by atoms with E-state index in [0.29, 0.717) is 42.0 Å². The van der Waals surface area contributed by atoms with Crippen LogP contribution < -0.4 is 9.80 Å². The molecular weight excluding hydrogens is 707 g/mol. The van der Waals surface area contributed by atoms with E-state index in [0.717, 1.165) is 33.3 Å². The molecule has 1 fully saturated rings. The van der Waals surface area contributed by atoms with Crippen LogP contribution in [0.3, 0.4) is 0 Å². The summed E-state index contributed by atoms with van der Waals surface area (Å²) in [4.78, 5) is 44.7. The number of aryl methyl sites for hydroxylation is 1. The molecule has 1 unspecified atom stereocenters. The summed E-state index contributed by atoms with van der Waals surface area (Å²) in [5, 5.41) is 21.0. The molecule has 278 valence electrons. The normalized spacial score (nSPS) is 22.3. The summed E-state index contributed by atoms with van der Waals surface area (Å²) in [6.07, 6.45) is 1.86. The number of aromatic nitrogens is 3. The molecule has 3 aliphatic rings. The van der Waals surface area contributed by atoms with Gasteiger partial charge in [0.2, 0.25) is 0 Å². The average Bonchev–Trinajstić information content (AvgIpc) is 3.91. The van der Waals surface area contributed by atoms with Crippen LogP contribution in [-0.4, -0.2) is 57.7 Å². The SMILES string of the molecule is C[C@H]1[C@H]([Si](C)(C)O)[C@@H](CCn2cc(C(CO)c3ccccc3)nn2)O[C@]12C(=O)N(Cc1ccccc1)c1ccc(N3C(=O)c4cccc5cccc3c45)cc12. The van der Waals surface area contributed by atoms with E-state index in [2.05, 4.69) is 10.3 Å². The van der Waals surface area contributed by atoms with Gasteiger partial charge in [0.1, 0.15) is 0 Å². The molecule has 9 rings (SSSR count). The first-order valence-corrected chi connectivity index (χ1v) is 21.9. The number of aliphatic hydroxyl groups excluding tert-OH is 1. The van der Waals surface area contributed by atoms with E-state index < -0.39 is 20.0 Å². The summed E-state index contributed by atoms with van der Waals surface area (Å²) < 4.78 is 8.93. The maximum absolute atomic E-state index is 15.2. The Balaban J connectivity index is 1.10. The number of hydrogen-bond donors (Lipinski definition) is 2. The molecule has 0 aliphatic carbocycles. The zero-order chi connectivity index (χ0) is 38.1. The molecule has 3 aliphatic heterocycles. The van der Waals surface area contributed by atoms with Crippen molar-refractivity contribution in [3.63, 3.8) is 0 Å². The fourth-order valence-corrected chi connectivity index (χ4v) is 12.1. The maximum atomic E-state index is 15.2. The zero-order valence-electron chi connectivity index (χ0n) is 31.0. The van der Waals surface area contributed by atoms with Crippen LogP contribution in [0.25, 0.3) is 10.8 Å². The number of carbonyl (C=O) groups is 2. The van der Waals surface area contributed by atoms with Crippen molar-refractivity contribution in [2.75, 3.05) is 16.4 Å². The van der Waals surface area contributed by atoms with Gasteiger partial charge in [-0.25, -0.2) is 0 Å². The molecule has 2 N–H and O–H groups in total. The number of carbonyl (C=O) groups excluding carboxylic acids is 2. The highest BCUT2D eigenvalue weighted by Gasteiger charge is 2.66. The summed E-state index contributed by atoms with van der Waals surface area (Å²) in [5.74, 6) is -0.979. The first-order chi connectivity index (χ1) is 26.6. The van der Waals surface area contributed by atoms with Crippen LogP contribution in [0.2, 0.25) is 18.6 Å². The van der Waals surface area contributed by atoms with Crippen molar-refractivity contribution in [1.82, 2.24) is 15.0 Å². The minimum absolute atomic E-state index is 0.103. The van der Waals surface area contributed by atoms with Gasteiger partial charge < -0.3 is 19.5 Å². The largest absolute Gasteiger partial charge is 0.432 e. The number of aliphatic hydroxyl groups is 1. The van der Waals surface area contributed by atoms with E-state index in [4.69, 9.17) is 4.74 Å². The highest BCUT2D eigenvalue weighted by atomic mass is 28.4. The van der Waals surface area contributed by atoms with E-state index in [1.165, 1.54) is 0 Å². The average molecular weight is 750 g/mol. The van der Waals surface area contributed by atoms with Crippen LogP contribution in [0.4, 0.5) is 17.1 Å². The van der Waals surface area contributed by atoms with Crippen molar-refractivity contribution in [3.8, 4) is 0 Å². The molecule has 55 heavy (non-hydrogen) atoms. The topological polar surface area (TPSA) is 121 Å². The number of hydrogen-bond acceptors (Lipinski definition) is 7. The van der Waals surface area contributed by atoms with Crippen molar-refractivity contribution >= 4 is 48.0 Å². The van der Waals surface area contributed by atoms with Crippen molar-refractivity contribution in [3.05, 3.63) is 149 Å². The highest BCUT2D eigenvalue weighted by molar-refractivity contribution is 6.71. The number of amides is 2. The van der Waals surface area contributed by atoms with Gasteiger partial charge in [0, 0.05) is 40.8 Å². The van der Waals surface area contributed by atoms with Gasteiger partial charge in [0.25, 0.3) is 11.8 Å². The fraction of sp³-hybridized carbons (Fsp3) is 0.273. The van der Waals surface area contributed by atoms with Gasteiger partial charge in [-0.05, 0) is 66.4 Å². The maximum Gasteiger partial charge on any atom is 0.264 e. The Hall–Kier alpha value is -5.46. The number of fused-ring (bicyclic) bond motifs is 2. The molecule has 0 radical (unpaired) electrons. The van der Waals surface area contributed by atoms with Crippen LogP contribution in [0, 0.1) is 5.92 Å². The predicted octanol–water partition coefficient (Wildman–Crippen LogP) is 7.28. The third-order valence-electron chi connectivity index (χ3n) is 11.9. The molecule has 1 saturated heterocycles. The van der Waals surface area contributed by atoms with Crippen LogP contribution in [0.5, 0.6) is 0 Å². The summed E-state index contributed by atoms with van der Waals surface area (Å²) in [6, 6.07) is 37.2. The Bertz CT molecular complexity index is 2430. The molecule has 5 atom stereocenters. The lowest BCUT2D eigenvalue weighted by Gasteiger charge is -2.32. The van der Waals surface area contributed by atoms with Crippen LogP contribution in [0.15, 0.2) is 121 Å². The summed E-state index contributed by atoms with van der Waals surface area (Å²) in [7, 11) is -2.96. The minimum atomic E-state index is -2.96. The first-order valence-electron chi connectivity index (χ1n) is 18.9. The van der Waals surface area contributed by atoms with Gasteiger partial charge in [-0.1, -0.05) is 97.1 Å². The third kappa shape index (κ3) is 5.64. The monoisotopic (exact) mass is 749 g/mol. The molecule has 1 aromatic heterocycles. The van der Waals surface area contributed by atoms with E-state index in [1.54, 1.807) is 14.5 Å². The van der Waals surface area contributed by atoms with E-state index in [-0.39, 0.29) is 35.8 Å². The molecule has 2 amide bonds. The van der Waals surface area contributed by atoms with Crippen LogP contribution in [-0.2, 0) is 28.2 Å². The quantitative estimate of drug-likeness (QED) is 0.141. The van der Waals surface area contributed by atoms with Crippen molar-refractivity contribution < 1.29 is 24.2 Å². The second-order valence-corrected chi connectivity index (χ2v) is 19.6. The smallest absolute Gasteiger partial charge is 0.264 e. The standard InChI is InChI=1S/C44H43N5O5Si/c1-28-41(55(2,3)53)39(22-23-47-26-36(45-46-47)34(27-50)30-14-8-5-9-15-30)54-44(28)35-24-32(20-21-37(35)48(43(44)52)25-29-12-6-4-7-13-29)49-38-19-11-17-31-16-10-18-33(40(31)38)42(49)51/h4-21,24,26,28,34,39,41,50,53H,22-23,25,27H2,1-3H3/t28-,34?,39+,41-,44+/m0/s1. The van der Waals surface area contributed by atoms with Gasteiger partial charge in [0.05, 0.1) is 47.8 Å². The fourth-order valence-electron chi connectivity index (χ4n) is 9.47. The molecular formula is C44H43N5O5Si. The predicted molar refractivity (Wildman–Crippen MR) is 214 cm³/mol. The molecule has 10 nitrogen and oxygen atoms in total. The number of anilines is 3. The molecule has 6 aromatic rings. The Morgan fingerprint density at radius 2 is 1.62 bits per heavy atom. The number of rotatable bonds is 10. The Morgan fingerprint density at radius 3 is 2.35 bits per heavy atom. The van der Waals surface area contributed by atoms with Crippen molar-refractivity contribution in [1.29, 1.82) is 0 Å². The van der Waals surface area contributed by atoms with E-state index >= 15 is 4.79 Å². The molecule has 1 spiro atoms.